The molecule has 0 bridgehead atoms. The number of aryl methyl sites for hydroxylation is 1. The second-order valence-electron chi connectivity index (χ2n) is 7.06. The fourth-order valence-corrected chi connectivity index (χ4v) is 5.25. The normalized spacial score (nSPS) is 16.5. The van der Waals surface area contributed by atoms with Gasteiger partial charge in [-0.15, -0.1) is 11.3 Å². The van der Waals surface area contributed by atoms with Crippen LogP contribution in [-0.2, 0) is 36.9 Å². The number of thiophene rings is 1. The number of rotatable bonds is 9. The van der Waals surface area contributed by atoms with E-state index in [1.54, 1.807) is 18.4 Å². The van der Waals surface area contributed by atoms with E-state index in [-0.39, 0.29) is 37.7 Å². The lowest BCUT2D eigenvalue weighted by molar-refractivity contribution is -0.143. The predicted octanol–water partition coefficient (Wildman–Crippen LogP) is 3.95. The van der Waals surface area contributed by atoms with Crippen LogP contribution in [0, 0.1) is 0 Å². The predicted molar refractivity (Wildman–Crippen MR) is 109 cm³/mol. The van der Waals surface area contributed by atoms with E-state index >= 15 is 0 Å². The summed E-state index contributed by atoms with van der Waals surface area (Å²) in [6, 6.07) is 4.54. The number of ether oxygens (including phenoxy) is 2. The molecule has 1 aliphatic rings. The molecule has 2 heterocycles. The highest BCUT2D eigenvalue weighted by molar-refractivity contribution is 7.89. The van der Waals surface area contributed by atoms with Crippen LogP contribution in [0.15, 0.2) is 34.5 Å². The van der Waals surface area contributed by atoms with E-state index in [0.717, 1.165) is 10.4 Å². The number of epoxide rings is 1. The minimum absolute atomic E-state index is 0.0672. The number of esters is 1. The Morgan fingerprint density at radius 1 is 1.32 bits per heavy atom. The maximum atomic E-state index is 13.6. The molecule has 1 aromatic carbocycles. The lowest BCUT2D eigenvalue weighted by Crippen LogP contribution is -2.30. The molecule has 1 atom stereocenters. The highest BCUT2D eigenvalue weighted by Gasteiger charge is 2.35. The van der Waals surface area contributed by atoms with Crippen molar-refractivity contribution in [3.8, 4) is 10.4 Å². The van der Waals surface area contributed by atoms with E-state index in [2.05, 4.69) is 0 Å². The van der Waals surface area contributed by atoms with Crippen molar-refractivity contribution in [1.29, 1.82) is 0 Å². The zero-order valence-corrected chi connectivity index (χ0v) is 18.6. The molecule has 170 valence electrons. The van der Waals surface area contributed by atoms with Crippen molar-refractivity contribution >= 4 is 27.3 Å². The minimum atomic E-state index is -4.72. The smallest absolute Gasteiger partial charge is 0.416 e. The van der Waals surface area contributed by atoms with Gasteiger partial charge in [-0.25, -0.2) is 8.42 Å². The van der Waals surface area contributed by atoms with E-state index in [1.165, 1.54) is 24.5 Å². The average molecular weight is 478 g/mol. The Bertz CT molecular complexity index is 1050. The highest BCUT2D eigenvalue weighted by atomic mass is 32.2. The van der Waals surface area contributed by atoms with Crippen LogP contribution in [0.25, 0.3) is 10.4 Å². The number of sulfonamides is 1. The van der Waals surface area contributed by atoms with Crippen LogP contribution in [-0.4, -0.2) is 51.6 Å². The molecule has 0 aliphatic carbocycles. The lowest BCUT2D eigenvalue weighted by Gasteiger charge is -2.18. The minimum Gasteiger partial charge on any atom is -0.466 e. The molecule has 1 aromatic heterocycles. The molecule has 1 aliphatic heterocycles. The molecule has 11 heteroatoms. The van der Waals surface area contributed by atoms with Crippen molar-refractivity contribution < 1.29 is 35.9 Å². The second-order valence-corrected chi connectivity index (χ2v) is 10.0. The van der Waals surface area contributed by atoms with Crippen molar-refractivity contribution in [3.63, 3.8) is 0 Å². The van der Waals surface area contributed by atoms with Crippen LogP contribution >= 0.6 is 11.3 Å². The Balaban J connectivity index is 1.99. The first-order valence-corrected chi connectivity index (χ1v) is 11.9. The van der Waals surface area contributed by atoms with Crippen LogP contribution in [0.3, 0.4) is 0 Å². The maximum Gasteiger partial charge on any atom is 0.416 e. The number of halogens is 3. The molecular weight excluding hydrogens is 455 g/mol. The molecule has 3 rings (SSSR count). The van der Waals surface area contributed by atoms with Crippen molar-refractivity contribution in [2.75, 3.05) is 26.8 Å². The van der Waals surface area contributed by atoms with Gasteiger partial charge >= 0.3 is 12.1 Å². The summed E-state index contributed by atoms with van der Waals surface area (Å²) in [7, 11) is -2.84. The third-order valence-corrected chi connectivity index (χ3v) is 7.52. The standard InChI is InChI=1S/C20H22F3NO5S2/c1-3-28-18(25)5-4-13-6-7-30-19(13)14-8-15(20(21,22)23)10-17(9-14)31(26,27)24(2)11-16-12-29-16/h6-10,16H,3-5,11-12H2,1-2H3. The molecule has 1 saturated heterocycles. The number of hydrogen-bond acceptors (Lipinski definition) is 6. The first-order valence-electron chi connectivity index (χ1n) is 9.55. The summed E-state index contributed by atoms with van der Waals surface area (Å²) in [6.07, 6.45) is -4.61. The van der Waals surface area contributed by atoms with Gasteiger partial charge in [0.1, 0.15) is 0 Å². The Kier molecular flexibility index (Phi) is 7.09. The van der Waals surface area contributed by atoms with Gasteiger partial charge in [0.15, 0.2) is 0 Å². The van der Waals surface area contributed by atoms with Crippen LogP contribution in [0.2, 0.25) is 0 Å². The number of carbonyl (C=O) groups excluding carboxylic acids is 1. The topological polar surface area (TPSA) is 76.2 Å². The van der Waals surface area contributed by atoms with Crippen LogP contribution < -0.4 is 0 Å². The fraction of sp³-hybridized carbons (Fsp3) is 0.450. The summed E-state index contributed by atoms with van der Waals surface area (Å²) in [5.41, 5.74) is -0.261. The van der Waals surface area contributed by atoms with Gasteiger partial charge in [-0.3, -0.25) is 4.79 Å². The number of likely N-dealkylation sites (N-methyl/N-ethyl adjacent to an activating group) is 1. The Hall–Kier alpha value is -1.95. The summed E-state index contributed by atoms with van der Waals surface area (Å²) in [6.45, 7) is 2.42. The zero-order valence-electron chi connectivity index (χ0n) is 16.9. The van der Waals surface area contributed by atoms with E-state index in [0.29, 0.717) is 23.1 Å². The Morgan fingerprint density at radius 3 is 2.65 bits per heavy atom. The molecule has 0 N–H and O–H groups in total. The first-order chi connectivity index (χ1) is 14.5. The molecule has 0 radical (unpaired) electrons. The highest BCUT2D eigenvalue weighted by Crippen LogP contribution is 2.38. The average Bonchev–Trinajstić information content (AvgIpc) is 3.38. The van der Waals surface area contributed by atoms with Gasteiger partial charge in [-0.2, -0.15) is 17.5 Å². The Morgan fingerprint density at radius 2 is 2.03 bits per heavy atom. The van der Waals surface area contributed by atoms with Crippen molar-refractivity contribution in [2.24, 2.45) is 0 Å². The molecule has 2 aromatic rings. The Labute approximate surface area is 182 Å². The fourth-order valence-electron chi connectivity index (χ4n) is 3.04. The zero-order chi connectivity index (χ0) is 22.8. The first kappa shape index (κ1) is 23.7. The molecule has 6 nitrogen and oxygen atoms in total. The lowest BCUT2D eigenvalue weighted by atomic mass is 10.0. The maximum absolute atomic E-state index is 13.6. The van der Waals surface area contributed by atoms with Crippen molar-refractivity contribution in [2.45, 2.75) is 36.9 Å². The summed E-state index contributed by atoms with van der Waals surface area (Å²) in [5.74, 6) is -0.407. The largest absolute Gasteiger partial charge is 0.466 e. The number of benzene rings is 1. The van der Waals surface area contributed by atoms with Gasteiger partial charge in [0.2, 0.25) is 10.0 Å². The number of alkyl halides is 3. The van der Waals surface area contributed by atoms with E-state index < -0.39 is 32.6 Å². The molecule has 0 saturated carbocycles. The molecule has 1 unspecified atom stereocenters. The number of hydrogen-bond donors (Lipinski definition) is 0. The van der Waals surface area contributed by atoms with Crippen LogP contribution in [0.1, 0.15) is 24.5 Å². The number of carbonyl (C=O) groups is 1. The molecule has 0 amide bonds. The number of nitrogens with zero attached hydrogens (tertiary/aromatic N) is 1. The quantitative estimate of drug-likeness (QED) is 0.404. The summed E-state index contributed by atoms with van der Waals surface area (Å²) in [4.78, 5) is 11.7. The molecule has 1 fully saturated rings. The molecule has 0 spiro atoms. The third-order valence-electron chi connectivity index (χ3n) is 4.72. The summed E-state index contributed by atoms with van der Waals surface area (Å²) >= 11 is 1.19. The van der Waals surface area contributed by atoms with Crippen molar-refractivity contribution in [3.05, 3.63) is 40.8 Å². The van der Waals surface area contributed by atoms with Crippen LogP contribution in [0.4, 0.5) is 13.2 Å². The van der Waals surface area contributed by atoms with Crippen LogP contribution in [0.5, 0.6) is 0 Å². The molecule has 31 heavy (non-hydrogen) atoms. The summed E-state index contributed by atoms with van der Waals surface area (Å²) in [5, 5.41) is 1.70. The van der Waals surface area contributed by atoms with Gasteiger partial charge in [-0.05, 0) is 54.1 Å². The SMILES string of the molecule is CCOC(=O)CCc1ccsc1-c1cc(C(F)(F)F)cc(S(=O)(=O)N(C)CC2CO2)c1. The van der Waals surface area contributed by atoms with E-state index in [9.17, 15) is 26.4 Å². The summed E-state index contributed by atoms with van der Waals surface area (Å²) < 4.78 is 77.4. The molecular formula is C20H22F3NO5S2. The van der Waals surface area contributed by atoms with Gasteiger partial charge in [0.25, 0.3) is 0 Å². The second kappa shape index (κ2) is 9.27. The van der Waals surface area contributed by atoms with Gasteiger partial charge < -0.3 is 9.47 Å². The van der Waals surface area contributed by atoms with Gasteiger partial charge in [-0.1, -0.05) is 0 Å². The van der Waals surface area contributed by atoms with Gasteiger partial charge in [0.05, 0.1) is 29.8 Å². The van der Waals surface area contributed by atoms with E-state index in [1.807, 2.05) is 0 Å². The van der Waals surface area contributed by atoms with E-state index in [4.69, 9.17) is 9.47 Å². The van der Waals surface area contributed by atoms with Gasteiger partial charge in [0, 0.05) is 24.9 Å². The third kappa shape index (κ3) is 5.85. The van der Waals surface area contributed by atoms with Crippen molar-refractivity contribution in [1.82, 2.24) is 4.31 Å². The monoisotopic (exact) mass is 477 g/mol.